The third-order valence-electron chi connectivity index (χ3n) is 4.46. The second kappa shape index (κ2) is 9.55. The Balaban J connectivity index is 0.00000243. The lowest BCUT2D eigenvalue weighted by Gasteiger charge is -2.22. The molecule has 0 atom stereocenters. The summed E-state index contributed by atoms with van der Waals surface area (Å²) < 4.78 is 18.9. The fraction of sp³-hybridized carbons (Fsp3) is 0.350. The molecule has 2 aromatic carbocycles. The molecule has 4 nitrogen and oxygen atoms in total. The lowest BCUT2D eigenvalue weighted by atomic mass is 9.97. The molecule has 0 unspecified atom stereocenters. The van der Waals surface area contributed by atoms with Crippen molar-refractivity contribution in [2.75, 3.05) is 18.4 Å². The number of carbonyl (C=O) groups is 1. The Morgan fingerprint density at radius 1 is 1.23 bits per heavy atom. The normalized spacial score (nSPS) is 14.4. The third kappa shape index (κ3) is 5.44. The van der Waals surface area contributed by atoms with Gasteiger partial charge in [0.2, 0.25) is 5.91 Å². The smallest absolute Gasteiger partial charge is 0.227 e. The lowest BCUT2D eigenvalue weighted by molar-refractivity contribution is -0.120. The largest absolute Gasteiger partial charge is 0.489 e. The van der Waals surface area contributed by atoms with E-state index >= 15 is 0 Å². The molecule has 6 heteroatoms. The Labute approximate surface area is 159 Å². The van der Waals surface area contributed by atoms with Gasteiger partial charge in [0.15, 0.2) is 0 Å². The minimum atomic E-state index is -0.270. The van der Waals surface area contributed by atoms with Crippen LogP contribution in [0.2, 0.25) is 0 Å². The molecule has 0 aliphatic carbocycles. The summed E-state index contributed by atoms with van der Waals surface area (Å²) in [5, 5.41) is 6.28. The molecule has 3 rings (SSSR count). The fourth-order valence-electron chi connectivity index (χ4n) is 2.98. The molecule has 0 radical (unpaired) electrons. The zero-order valence-electron chi connectivity index (χ0n) is 14.8. The predicted octanol–water partition coefficient (Wildman–Crippen LogP) is 4.07. The number of ether oxygens (including phenoxy) is 1. The van der Waals surface area contributed by atoms with Crippen LogP contribution in [-0.2, 0) is 11.4 Å². The number of rotatable bonds is 5. The third-order valence-corrected chi connectivity index (χ3v) is 4.46. The molecule has 26 heavy (non-hydrogen) atoms. The number of nitrogens with one attached hydrogen (secondary N) is 2. The Kier molecular flexibility index (Phi) is 7.42. The van der Waals surface area contributed by atoms with Gasteiger partial charge in [-0.25, -0.2) is 4.39 Å². The van der Waals surface area contributed by atoms with Gasteiger partial charge in [-0.1, -0.05) is 12.1 Å². The van der Waals surface area contributed by atoms with Gasteiger partial charge in [-0.2, -0.15) is 0 Å². The maximum atomic E-state index is 13.2. The molecule has 0 bridgehead atoms. The Bertz CT molecular complexity index is 748. The topological polar surface area (TPSA) is 50.4 Å². The van der Waals surface area contributed by atoms with Crippen molar-refractivity contribution in [1.82, 2.24) is 5.32 Å². The van der Waals surface area contributed by atoms with E-state index in [1.807, 2.05) is 31.2 Å². The average molecular weight is 379 g/mol. The SMILES string of the molecule is Cc1cc(OCc2cccc(F)c2)ccc1NC(=O)C1CCNCC1.Cl. The summed E-state index contributed by atoms with van der Waals surface area (Å²) in [5.41, 5.74) is 2.53. The second-order valence-corrected chi connectivity index (χ2v) is 6.41. The number of piperidine rings is 1. The van der Waals surface area contributed by atoms with Crippen LogP contribution in [0.4, 0.5) is 10.1 Å². The summed E-state index contributed by atoms with van der Waals surface area (Å²) >= 11 is 0. The van der Waals surface area contributed by atoms with Crippen LogP contribution in [-0.4, -0.2) is 19.0 Å². The number of benzene rings is 2. The minimum Gasteiger partial charge on any atom is -0.489 e. The van der Waals surface area contributed by atoms with Crippen molar-refractivity contribution in [1.29, 1.82) is 0 Å². The van der Waals surface area contributed by atoms with Crippen LogP contribution in [0.3, 0.4) is 0 Å². The zero-order valence-corrected chi connectivity index (χ0v) is 15.6. The predicted molar refractivity (Wildman–Crippen MR) is 103 cm³/mol. The Hall–Kier alpha value is -2.11. The van der Waals surface area contributed by atoms with Gasteiger partial charge in [0.1, 0.15) is 18.2 Å². The van der Waals surface area contributed by atoms with E-state index in [-0.39, 0.29) is 30.0 Å². The van der Waals surface area contributed by atoms with Gasteiger partial charge in [-0.05, 0) is 74.3 Å². The molecule has 2 N–H and O–H groups in total. The highest BCUT2D eigenvalue weighted by Crippen LogP contribution is 2.24. The number of halogens is 2. The Morgan fingerprint density at radius 3 is 2.69 bits per heavy atom. The fourth-order valence-corrected chi connectivity index (χ4v) is 2.98. The van der Waals surface area contributed by atoms with E-state index < -0.39 is 0 Å². The molecule has 0 aromatic heterocycles. The molecular formula is C20H24ClFN2O2. The minimum absolute atomic E-state index is 0. The number of anilines is 1. The summed E-state index contributed by atoms with van der Waals surface area (Å²) in [4.78, 5) is 12.3. The highest BCUT2D eigenvalue weighted by Gasteiger charge is 2.21. The van der Waals surface area contributed by atoms with Crippen molar-refractivity contribution in [2.24, 2.45) is 5.92 Å². The molecule has 0 saturated carbocycles. The summed E-state index contributed by atoms with van der Waals surface area (Å²) in [6.07, 6.45) is 1.75. The molecule has 2 aromatic rings. The second-order valence-electron chi connectivity index (χ2n) is 6.41. The molecule has 1 fully saturated rings. The molecule has 1 saturated heterocycles. The van der Waals surface area contributed by atoms with Gasteiger partial charge in [0, 0.05) is 11.6 Å². The summed E-state index contributed by atoms with van der Waals surface area (Å²) in [7, 11) is 0. The standard InChI is InChI=1S/C20H23FN2O2.ClH/c1-14-11-18(25-13-15-3-2-4-17(21)12-15)5-6-19(14)23-20(24)16-7-9-22-10-8-16;/h2-6,11-12,16,22H,7-10,13H2,1H3,(H,23,24);1H. The molecule has 140 valence electrons. The number of aryl methyl sites for hydroxylation is 1. The van der Waals surface area contributed by atoms with E-state index in [2.05, 4.69) is 10.6 Å². The van der Waals surface area contributed by atoms with E-state index in [4.69, 9.17) is 4.74 Å². The van der Waals surface area contributed by atoms with Crippen molar-refractivity contribution < 1.29 is 13.9 Å². The molecule has 1 amide bonds. The van der Waals surface area contributed by atoms with E-state index in [0.717, 1.165) is 42.7 Å². The maximum absolute atomic E-state index is 13.2. The molecule has 1 heterocycles. The van der Waals surface area contributed by atoms with Crippen molar-refractivity contribution in [2.45, 2.75) is 26.4 Å². The van der Waals surface area contributed by atoms with Crippen molar-refractivity contribution >= 4 is 24.0 Å². The van der Waals surface area contributed by atoms with Gasteiger partial charge < -0.3 is 15.4 Å². The van der Waals surface area contributed by atoms with E-state index in [9.17, 15) is 9.18 Å². The van der Waals surface area contributed by atoms with Crippen molar-refractivity contribution in [3.8, 4) is 5.75 Å². The highest BCUT2D eigenvalue weighted by molar-refractivity contribution is 5.93. The first-order chi connectivity index (χ1) is 12.1. The van der Waals surface area contributed by atoms with Crippen LogP contribution in [0.15, 0.2) is 42.5 Å². The lowest BCUT2D eigenvalue weighted by Crippen LogP contribution is -2.34. The molecule has 1 aliphatic rings. The van der Waals surface area contributed by atoms with Crippen LogP contribution in [0.1, 0.15) is 24.0 Å². The Morgan fingerprint density at radius 2 is 2.00 bits per heavy atom. The number of hydrogen-bond donors (Lipinski definition) is 2. The van der Waals surface area contributed by atoms with Crippen LogP contribution in [0, 0.1) is 18.7 Å². The van der Waals surface area contributed by atoms with Gasteiger partial charge >= 0.3 is 0 Å². The van der Waals surface area contributed by atoms with Crippen LogP contribution in [0.25, 0.3) is 0 Å². The maximum Gasteiger partial charge on any atom is 0.227 e. The average Bonchev–Trinajstić information content (AvgIpc) is 2.63. The van der Waals surface area contributed by atoms with Crippen molar-refractivity contribution in [3.05, 3.63) is 59.4 Å². The van der Waals surface area contributed by atoms with E-state index in [0.29, 0.717) is 12.4 Å². The quantitative estimate of drug-likeness (QED) is 0.824. The van der Waals surface area contributed by atoms with E-state index in [1.54, 1.807) is 6.07 Å². The molecular weight excluding hydrogens is 355 g/mol. The number of hydrogen-bond acceptors (Lipinski definition) is 3. The first-order valence-corrected chi connectivity index (χ1v) is 8.61. The van der Waals surface area contributed by atoms with Crippen LogP contribution >= 0.6 is 12.4 Å². The highest BCUT2D eigenvalue weighted by atomic mass is 35.5. The van der Waals surface area contributed by atoms with Crippen molar-refractivity contribution in [3.63, 3.8) is 0 Å². The summed E-state index contributed by atoms with van der Waals surface area (Å²) in [6, 6.07) is 11.9. The first kappa shape index (κ1) is 20.2. The van der Waals surface area contributed by atoms with Gasteiger partial charge in [-0.3, -0.25) is 4.79 Å². The summed E-state index contributed by atoms with van der Waals surface area (Å²) in [5.74, 6) is 0.581. The van der Waals surface area contributed by atoms with Gasteiger partial charge in [-0.15, -0.1) is 12.4 Å². The number of carbonyl (C=O) groups excluding carboxylic acids is 1. The van der Waals surface area contributed by atoms with Crippen LogP contribution in [0.5, 0.6) is 5.75 Å². The van der Waals surface area contributed by atoms with Gasteiger partial charge in [0.05, 0.1) is 0 Å². The van der Waals surface area contributed by atoms with Crippen LogP contribution < -0.4 is 15.4 Å². The molecule has 0 spiro atoms. The summed E-state index contributed by atoms with van der Waals surface area (Å²) in [6.45, 7) is 4.03. The van der Waals surface area contributed by atoms with E-state index in [1.165, 1.54) is 12.1 Å². The zero-order chi connectivity index (χ0) is 17.6. The monoisotopic (exact) mass is 378 g/mol. The first-order valence-electron chi connectivity index (χ1n) is 8.61. The molecule has 1 aliphatic heterocycles. The number of amides is 1. The van der Waals surface area contributed by atoms with Gasteiger partial charge in [0.25, 0.3) is 0 Å².